The number of aromatic nitrogens is 2. The maximum Gasteiger partial charge on any atom is 0.244 e. The summed E-state index contributed by atoms with van der Waals surface area (Å²) in [7, 11) is 0. The van der Waals surface area contributed by atoms with Crippen molar-refractivity contribution in [2.45, 2.75) is 13.5 Å². The highest BCUT2D eigenvalue weighted by molar-refractivity contribution is 5.93. The zero-order chi connectivity index (χ0) is 12.3. The smallest absolute Gasteiger partial charge is 0.244 e. The van der Waals surface area contributed by atoms with Gasteiger partial charge in [0.25, 0.3) is 0 Å². The van der Waals surface area contributed by atoms with E-state index in [1.165, 1.54) is 0 Å². The summed E-state index contributed by atoms with van der Waals surface area (Å²) >= 11 is 0. The van der Waals surface area contributed by atoms with Crippen LogP contribution in [0, 0.1) is 6.92 Å². The topological polar surface area (TPSA) is 72.9 Å². The van der Waals surface area contributed by atoms with Gasteiger partial charge < -0.3 is 15.6 Å². The molecular formula is C12H14N4O. The van der Waals surface area contributed by atoms with E-state index in [0.717, 1.165) is 5.56 Å². The molecule has 0 aliphatic carbocycles. The van der Waals surface area contributed by atoms with Crippen molar-refractivity contribution >= 4 is 17.3 Å². The van der Waals surface area contributed by atoms with Crippen molar-refractivity contribution in [1.29, 1.82) is 0 Å². The van der Waals surface area contributed by atoms with Crippen LogP contribution < -0.4 is 11.1 Å². The van der Waals surface area contributed by atoms with Gasteiger partial charge in [-0.2, -0.15) is 0 Å². The molecule has 3 N–H and O–H groups in total. The van der Waals surface area contributed by atoms with E-state index in [0.29, 0.717) is 11.4 Å². The van der Waals surface area contributed by atoms with Crippen LogP contribution in [0.3, 0.4) is 0 Å². The monoisotopic (exact) mass is 230 g/mol. The van der Waals surface area contributed by atoms with Crippen LogP contribution in [0.25, 0.3) is 0 Å². The quantitative estimate of drug-likeness (QED) is 0.783. The number of hydrogen-bond donors (Lipinski definition) is 2. The summed E-state index contributed by atoms with van der Waals surface area (Å²) in [6, 6.07) is 5.53. The minimum absolute atomic E-state index is 0.126. The summed E-state index contributed by atoms with van der Waals surface area (Å²) in [4.78, 5) is 15.6. The van der Waals surface area contributed by atoms with Crippen LogP contribution in [0.15, 0.2) is 36.9 Å². The molecule has 1 aromatic carbocycles. The number of benzene rings is 1. The van der Waals surface area contributed by atoms with Gasteiger partial charge in [-0.15, -0.1) is 0 Å². The van der Waals surface area contributed by atoms with E-state index in [-0.39, 0.29) is 12.5 Å². The Hall–Kier alpha value is -2.30. The van der Waals surface area contributed by atoms with Gasteiger partial charge in [-0.25, -0.2) is 4.98 Å². The highest BCUT2D eigenvalue weighted by Gasteiger charge is 2.05. The predicted molar refractivity (Wildman–Crippen MR) is 66.4 cm³/mol. The summed E-state index contributed by atoms with van der Waals surface area (Å²) in [6.45, 7) is 2.18. The Morgan fingerprint density at radius 1 is 1.53 bits per heavy atom. The fourth-order valence-electron chi connectivity index (χ4n) is 1.53. The molecule has 1 heterocycles. The van der Waals surface area contributed by atoms with Gasteiger partial charge in [-0.05, 0) is 24.6 Å². The second-order valence-electron chi connectivity index (χ2n) is 3.87. The maximum absolute atomic E-state index is 11.7. The molecule has 2 aromatic rings. The molecule has 1 aromatic heterocycles. The number of carbonyl (C=O) groups excluding carboxylic acids is 1. The largest absolute Gasteiger partial charge is 0.397 e. The van der Waals surface area contributed by atoms with Crippen LogP contribution in [0.2, 0.25) is 0 Å². The molecule has 0 aliphatic heterocycles. The van der Waals surface area contributed by atoms with Crippen molar-refractivity contribution in [2.24, 2.45) is 0 Å². The second-order valence-corrected chi connectivity index (χ2v) is 3.87. The predicted octanol–water partition coefficient (Wildman–Crippen LogP) is 1.41. The highest BCUT2D eigenvalue weighted by Crippen LogP contribution is 2.19. The first-order valence-corrected chi connectivity index (χ1v) is 5.27. The van der Waals surface area contributed by atoms with E-state index in [4.69, 9.17) is 5.73 Å². The number of anilines is 2. The Balaban J connectivity index is 2.03. The van der Waals surface area contributed by atoms with Crippen LogP contribution in [0.5, 0.6) is 0 Å². The van der Waals surface area contributed by atoms with Crippen molar-refractivity contribution < 1.29 is 4.79 Å². The molecule has 0 saturated heterocycles. The average molecular weight is 230 g/mol. The van der Waals surface area contributed by atoms with Gasteiger partial charge in [0.05, 0.1) is 17.7 Å². The summed E-state index contributed by atoms with van der Waals surface area (Å²) in [5.41, 5.74) is 8.09. The molecule has 0 saturated carbocycles. The standard InChI is InChI=1S/C12H14N4O/c1-9-2-3-11(10(13)6-9)15-12(17)7-16-5-4-14-8-16/h2-6,8H,7,13H2,1H3,(H,15,17). The molecule has 2 rings (SSSR count). The average Bonchev–Trinajstić information content (AvgIpc) is 2.75. The number of hydrogen-bond acceptors (Lipinski definition) is 3. The third kappa shape index (κ3) is 2.84. The van der Waals surface area contributed by atoms with Crippen LogP contribution in [-0.2, 0) is 11.3 Å². The first-order valence-electron chi connectivity index (χ1n) is 5.27. The molecule has 1 amide bonds. The Morgan fingerprint density at radius 3 is 3.00 bits per heavy atom. The van der Waals surface area contributed by atoms with E-state index in [1.54, 1.807) is 29.4 Å². The zero-order valence-electron chi connectivity index (χ0n) is 9.55. The Bertz CT molecular complexity index is 519. The van der Waals surface area contributed by atoms with Gasteiger partial charge in [0.2, 0.25) is 5.91 Å². The first-order chi connectivity index (χ1) is 8.15. The van der Waals surface area contributed by atoms with Gasteiger partial charge in [-0.3, -0.25) is 4.79 Å². The second kappa shape index (κ2) is 4.69. The number of carbonyl (C=O) groups is 1. The van der Waals surface area contributed by atoms with Crippen molar-refractivity contribution in [3.63, 3.8) is 0 Å². The maximum atomic E-state index is 11.7. The summed E-state index contributed by atoms with van der Waals surface area (Å²) in [6.07, 6.45) is 4.96. The number of rotatable bonds is 3. The Labute approximate surface area is 99.3 Å². The van der Waals surface area contributed by atoms with Crippen LogP contribution in [-0.4, -0.2) is 15.5 Å². The number of nitrogen functional groups attached to an aromatic ring is 1. The lowest BCUT2D eigenvalue weighted by Gasteiger charge is -2.09. The molecule has 0 bridgehead atoms. The number of nitrogens with one attached hydrogen (secondary N) is 1. The van der Waals surface area contributed by atoms with E-state index >= 15 is 0 Å². The molecule has 0 spiro atoms. The molecule has 0 fully saturated rings. The lowest BCUT2D eigenvalue weighted by atomic mass is 10.2. The fraction of sp³-hybridized carbons (Fsp3) is 0.167. The molecule has 0 radical (unpaired) electrons. The van der Waals surface area contributed by atoms with Crippen LogP contribution in [0.4, 0.5) is 11.4 Å². The SMILES string of the molecule is Cc1ccc(NC(=O)Cn2ccnc2)c(N)c1. The Kier molecular flexibility index (Phi) is 3.09. The van der Waals surface area contributed by atoms with Crippen molar-refractivity contribution in [3.8, 4) is 0 Å². The van der Waals surface area contributed by atoms with Crippen molar-refractivity contribution in [1.82, 2.24) is 9.55 Å². The molecule has 5 heteroatoms. The fourth-order valence-corrected chi connectivity index (χ4v) is 1.53. The number of amides is 1. The molecular weight excluding hydrogens is 216 g/mol. The molecule has 17 heavy (non-hydrogen) atoms. The van der Waals surface area contributed by atoms with Crippen molar-refractivity contribution in [3.05, 3.63) is 42.5 Å². The van der Waals surface area contributed by atoms with Gasteiger partial charge >= 0.3 is 0 Å². The molecule has 0 atom stereocenters. The molecule has 5 nitrogen and oxygen atoms in total. The third-order valence-electron chi connectivity index (χ3n) is 2.37. The van der Waals surface area contributed by atoms with E-state index < -0.39 is 0 Å². The van der Waals surface area contributed by atoms with Crippen molar-refractivity contribution in [2.75, 3.05) is 11.1 Å². The summed E-state index contributed by atoms with van der Waals surface area (Å²) in [5, 5.41) is 2.76. The highest BCUT2D eigenvalue weighted by atomic mass is 16.1. The van der Waals surface area contributed by atoms with Crippen LogP contribution >= 0.6 is 0 Å². The van der Waals surface area contributed by atoms with E-state index in [9.17, 15) is 4.79 Å². The lowest BCUT2D eigenvalue weighted by Crippen LogP contribution is -2.18. The molecule has 0 unspecified atom stereocenters. The van der Waals surface area contributed by atoms with Gasteiger partial charge in [0, 0.05) is 12.4 Å². The minimum atomic E-state index is -0.126. The van der Waals surface area contributed by atoms with Gasteiger partial charge in [0.1, 0.15) is 6.54 Å². The van der Waals surface area contributed by atoms with E-state index in [1.807, 2.05) is 19.1 Å². The van der Waals surface area contributed by atoms with E-state index in [2.05, 4.69) is 10.3 Å². The van der Waals surface area contributed by atoms with Crippen LogP contribution in [0.1, 0.15) is 5.56 Å². The number of aryl methyl sites for hydroxylation is 1. The lowest BCUT2D eigenvalue weighted by molar-refractivity contribution is -0.116. The van der Waals surface area contributed by atoms with Gasteiger partial charge in [0.15, 0.2) is 0 Å². The molecule has 88 valence electrons. The Morgan fingerprint density at radius 2 is 2.35 bits per heavy atom. The number of nitrogens with zero attached hydrogens (tertiary/aromatic N) is 2. The van der Waals surface area contributed by atoms with Gasteiger partial charge in [-0.1, -0.05) is 6.07 Å². The molecule has 0 aliphatic rings. The minimum Gasteiger partial charge on any atom is -0.397 e. The number of nitrogens with two attached hydrogens (primary N) is 1. The number of imidazole rings is 1. The summed E-state index contributed by atoms with van der Waals surface area (Å²) < 4.78 is 1.69. The third-order valence-corrected chi connectivity index (χ3v) is 2.37. The normalized spacial score (nSPS) is 10.2. The zero-order valence-corrected chi connectivity index (χ0v) is 9.55. The first kappa shape index (κ1) is 11.2. The summed E-state index contributed by atoms with van der Waals surface area (Å²) in [5.74, 6) is -0.126.